The highest BCUT2D eigenvalue weighted by molar-refractivity contribution is 5.89. The van der Waals surface area contributed by atoms with Crippen molar-refractivity contribution in [1.82, 2.24) is 5.32 Å². The van der Waals surface area contributed by atoms with Gasteiger partial charge in [0.2, 0.25) is 0 Å². The molecular weight excluding hydrogens is 360 g/mol. The molecule has 2 amide bonds. The molecule has 0 aliphatic rings. The second-order valence-corrected chi connectivity index (χ2v) is 8.43. The molecule has 4 nitrogen and oxygen atoms in total. The zero-order valence-electron chi connectivity index (χ0n) is 18.8. The molecule has 0 aliphatic heterocycles. The normalized spacial score (nSPS) is 11.9. The number of amides is 2. The maximum atomic E-state index is 12.0. The summed E-state index contributed by atoms with van der Waals surface area (Å²) in [4.78, 5) is 12.0. The summed E-state index contributed by atoms with van der Waals surface area (Å²) >= 11 is 0. The quantitative estimate of drug-likeness (QED) is 0.183. The molecule has 1 atom stereocenters. The molecule has 4 heteroatoms. The molecule has 0 bridgehead atoms. The zero-order valence-corrected chi connectivity index (χ0v) is 18.8. The molecule has 1 aromatic rings. The first kappa shape index (κ1) is 25.3. The van der Waals surface area contributed by atoms with Crippen molar-refractivity contribution in [1.29, 1.82) is 0 Å². The fourth-order valence-corrected chi connectivity index (χ4v) is 3.65. The molecule has 0 saturated heterocycles. The molecule has 3 N–H and O–H groups in total. The molecule has 1 unspecified atom stereocenters. The number of carbonyl (C=O) groups is 1. The molecule has 1 aromatic carbocycles. The van der Waals surface area contributed by atoms with Gasteiger partial charge in [0.1, 0.15) is 5.75 Å². The van der Waals surface area contributed by atoms with Crippen molar-refractivity contribution >= 4 is 11.7 Å². The Labute approximate surface area is 178 Å². The molecule has 166 valence electrons. The van der Waals surface area contributed by atoms with Crippen LogP contribution < -0.4 is 10.6 Å². The van der Waals surface area contributed by atoms with Crippen molar-refractivity contribution in [2.24, 2.45) is 0 Å². The van der Waals surface area contributed by atoms with Gasteiger partial charge in [-0.1, -0.05) is 96.8 Å². The molecule has 0 saturated carbocycles. The Morgan fingerprint density at radius 1 is 0.793 bits per heavy atom. The van der Waals surface area contributed by atoms with Gasteiger partial charge in [0.15, 0.2) is 0 Å². The largest absolute Gasteiger partial charge is 0.508 e. The van der Waals surface area contributed by atoms with E-state index in [0.717, 1.165) is 6.42 Å². The van der Waals surface area contributed by atoms with Crippen LogP contribution in [0.5, 0.6) is 5.75 Å². The van der Waals surface area contributed by atoms with Crippen molar-refractivity contribution in [2.75, 3.05) is 5.32 Å². The Balaban J connectivity index is 1.88. The van der Waals surface area contributed by atoms with Gasteiger partial charge in [-0.05, 0) is 37.6 Å². The average Bonchev–Trinajstić information content (AvgIpc) is 2.70. The van der Waals surface area contributed by atoms with Crippen molar-refractivity contribution in [3.05, 3.63) is 24.3 Å². The third kappa shape index (κ3) is 14.9. The van der Waals surface area contributed by atoms with Crippen LogP contribution in [0, 0.1) is 0 Å². The van der Waals surface area contributed by atoms with Crippen LogP contribution in [0.2, 0.25) is 0 Å². The van der Waals surface area contributed by atoms with E-state index in [0.29, 0.717) is 5.69 Å². The third-order valence-electron chi connectivity index (χ3n) is 5.49. The number of phenols is 1. The predicted octanol–water partition coefficient (Wildman–Crippen LogP) is 7.77. The lowest BCUT2D eigenvalue weighted by Crippen LogP contribution is -2.36. The highest BCUT2D eigenvalue weighted by Gasteiger charge is 2.07. The van der Waals surface area contributed by atoms with E-state index < -0.39 is 0 Å². The summed E-state index contributed by atoms with van der Waals surface area (Å²) in [5, 5.41) is 15.0. The van der Waals surface area contributed by atoms with E-state index in [1.54, 1.807) is 24.3 Å². The fourth-order valence-electron chi connectivity index (χ4n) is 3.65. The first-order valence-corrected chi connectivity index (χ1v) is 12.0. The summed E-state index contributed by atoms with van der Waals surface area (Å²) in [6.45, 7) is 4.33. The lowest BCUT2D eigenvalue weighted by Gasteiger charge is -2.14. The van der Waals surface area contributed by atoms with Crippen LogP contribution in [0.15, 0.2) is 24.3 Å². The molecule has 29 heavy (non-hydrogen) atoms. The van der Waals surface area contributed by atoms with Crippen molar-refractivity contribution in [3.8, 4) is 5.75 Å². The summed E-state index contributed by atoms with van der Waals surface area (Å²) in [5.74, 6) is 0.196. The Bertz CT molecular complexity index is 516. The van der Waals surface area contributed by atoms with Gasteiger partial charge in [0.05, 0.1) is 0 Å². The van der Waals surface area contributed by atoms with E-state index in [9.17, 15) is 9.90 Å². The van der Waals surface area contributed by atoms with Crippen LogP contribution in [-0.4, -0.2) is 17.2 Å². The Kier molecular flexibility index (Phi) is 15.0. The summed E-state index contributed by atoms with van der Waals surface area (Å²) in [6.07, 6.45) is 20.1. The highest BCUT2D eigenvalue weighted by atomic mass is 16.3. The SMILES string of the molecule is CCCCCCCCCCCCCCCCC(C)NC(=O)Nc1ccc(O)cc1. The van der Waals surface area contributed by atoms with Gasteiger partial charge < -0.3 is 15.7 Å². The van der Waals surface area contributed by atoms with Crippen LogP contribution in [0.3, 0.4) is 0 Å². The maximum absolute atomic E-state index is 12.0. The number of carbonyl (C=O) groups excluding carboxylic acids is 1. The van der Waals surface area contributed by atoms with Gasteiger partial charge in [-0.25, -0.2) is 4.79 Å². The standard InChI is InChI=1S/C25H44N2O2/c1-3-4-5-6-7-8-9-10-11-12-13-14-15-16-17-22(2)26-25(29)27-23-18-20-24(28)21-19-23/h18-22,28H,3-17H2,1-2H3,(H2,26,27,29). The van der Waals surface area contributed by atoms with Crippen LogP contribution in [0.4, 0.5) is 10.5 Å². The molecule has 0 fully saturated rings. The smallest absolute Gasteiger partial charge is 0.319 e. The first-order chi connectivity index (χ1) is 14.1. The number of hydrogen-bond acceptors (Lipinski definition) is 2. The lowest BCUT2D eigenvalue weighted by atomic mass is 10.0. The van der Waals surface area contributed by atoms with Gasteiger partial charge in [-0.2, -0.15) is 0 Å². The minimum Gasteiger partial charge on any atom is -0.508 e. The molecule has 1 rings (SSSR count). The Hall–Kier alpha value is -1.71. The number of nitrogens with one attached hydrogen (secondary N) is 2. The maximum Gasteiger partial charge on any atom is 0.319 e. The average molecular weight is 405 g/mol. The van der Waals surface area contributed by atoms with E-state index >= 15 is 0 Å². The summed E-state index contributed by atoms with van der Waals surface area (Å²) < 4.78 is 0. The van der Waals surface area contributed by atoms with Crippen LogP contribution in [0.1, 0.15) is 110 Å². The number of phenolic OH excluding ortho intramolecular Hbond substituents is 1. The number of benzene rings is 1. The second kappa shape index (κ2) is 17.2. The number of rotatable bonds is 17. The summed E-state index contributed by atoms with van der Waals surface area (Å²) in [5.41, 5.74) is 0.684. The minimum atomic E-state index is -0.187. The monoisotopic (exact) mass is 404 g/mol. The molecular formula is C25H44N2O2. The lowest BCUT2D eigenvalue weighted by molar-refractivity contribution is 0.248. The summed E-state index contributed by atoms with van der Waals surface area (Å²) in [7, 11) is 0. The van der Waals surface area contributed by atoms with Crippen molar-refractivity contribution in [2.45, 2.75) is 116 Å². The van der Waals surface area contributed by atoms with Crippen molar-refractivity contribution < 1.29 is 9.90 Å². The number of hydrogen-bond donors (Lipinski definition) is 3. The Morgan fingerprint density at radius 3 is 1.72 bits per heavy atom. The number of unbranched alkanes of at least 4 members (excludes halogenated alkanes) is 13. The van der Waals surface area contributed by atoms with Crippen molar-refractivity contribution in [3.63, 3.8) is 0 Å². The van der Waals surface area contributed by atoms with Crippen LogP contribution >= 0.6 is 0 Å². The highest BCUT2D eigenvalue weighted by Crippen LogP contribution is 2.15. The van der Waals surface area contributed by atoms with E-state index in [2.05, 4.69) is 24.5 Å². The Morgan fingerprint density at radius 2 is 1.24 bits per heavy atom. The molecule has 0 heterocycles. The number of anilines is 1. The predicted molar refractivity (Wildman–Crippen MR) is 125 cm³/mol. The molecule has 0 aromatic heterocycles. The van der Waals surface area contributed by atoms with E-state index in [4.69, 9.17) is 0 Å². The van der Waals surface area contributed by atoms with Gasteiger partial charge in [0.25, 0.3) is 0 Å². The molecule has 0 aliphatic carbocycles. The van der Waals surface area contributed by atoms with Gasteiger partial charge in [0, 0.05) is 11.7 Å². The third-order valence-corrected chi connectivity index (χ3v) is 5.49. The zero-order chi connectivity index (χ0) is 21.2. The van der Waals surface area contributed by atoms with E-state index in [-0.39, 0.29) is 17.8 Å². The first-order valence-electron chi connectivity index (χ1n) is 12.0. The van der Waals surface area contributed by atoms with Gasteiger partial charge in [-0.15, -0.1) is 0 Å². The number of urea groups is 1. The van der Waals surface area contributed by atoms with Crippen LogP contribution in [-0.2, 0) is 0 Å². The van der Waals surface area contributed by atoms with Gasteiger partial charge >= 0.3 is 6.03 Å². The fraction of sp³-hybridized carbons (Fsp3) is 0.720. The summed E-state index contributed by atoms with van der Waals surface area (Å²) in [6, 6.07) is 6.49. The van der Waals surface area contributed by atoms with Crippen LogP contribution in [0.25, 0.3) is 0 Å². The van der Waals surface area contributed by atoms with E-state index in [1.807, 2.05) is 0 Å². The van der Waals surface area contributed by atoms with E-state index in [1.165, 1.54) is 89.9 Å². The second-order valence-electron chi connectivity index (χ2n) is 8.43. The van der Waals surface area contributed by atoms with Gasteiger partial charge in [-0.3, -0.25) is 0 Å². The molecule has 0 spiro atoms. The topological polar surface area (TPSA) is 61.4 Å². The minimum absolute atomic E-state index is 0.171. The molecule has 0 radical (unpaired) electrons. The number of aromatic hydroxyl groups is 1.